The van der Waals surface area contributed by atoms with Gasteiger partial charge in [-0.25, -0.2) is 4.99 Å². The fourth-order valence-electron chi connectivity index (χ4n) is 3.16. The lowest BCUT2D eigenvalue weighted by Crippen LogP contribution is -2.51. The number of guanidine groups is 1. The molecule has 2 atom stereocenters. The van der Waals surface area contributed by atoms with Crippen molar-refractivity contribution < 1.29 is 9.53 Å². The number of carbonyl (C=O) groups is 1. The maximum atomic E-state index is 11.8. The number of likely N-dealkylation sites (N-methyl/N-ethyl adjacent to an activating group) is 1. The summed E-state index contributed by atoms with van der Waals surface area (Å²) >= 11 is 0. The summed E-state index contributed by atoms with van der Waals surface area (Å²) in [5.41, 5.74) is 0. The summed E-state index contributed by atoms with van der Waals surface area (Å²) in [6, 6.07) is 0.827. The summed E-state index contributed by atoms with van der Waals surface area (Å²) in [4.78, 5) is 18.0. The molecule has 1 amide bonds. The molecule has 1 aliphatic carbocycles. The van der Waals surface area contributed by atoms with Crippen molar-refractivity contribution in [3.05, 3.63) is 0 Å². The van der Waals surface area contributed by atoms with Crippen LogP contribution in [0.2, 0.25) is 0 Å². The molecule has 2 aliphatic rings. The van der Waals surface area contributed by atoms with Crippen LogP contribution in [-0.4, -0.2) is 62.7 Å². The lowest BCUT2D eigenvalue weighted by molar-refractivity contribution is -0.127. The molecule has 1 aliphatic heterocycles. The van der Waals surface area contributed by atoms with Gasteiger partial charge in [0.2, 0.25) is 5.91 Å². The van der Waals surface area contributed by atoms with Gasteiger partial charge < -0.3 is 20.3 Å². The molecule has 2 unspecified atom stereocenters. The summed E-state index contributed by atoms with van der Waals surface area (Å²) in [5.74, 6) is 1.45. The fraction of sp³-hybridized carbons (Fsp3) is 0.882. The molecular weight excluding hydrogens is 419 g/mol. The van der Waals surface area contributed by atoms with Crippen LogP contribution in [0.25, 0.3) is 0 Å². The molecular formula is C17H33IN4O2. The number of ether oxygens (including phenoxy) is 1. The Morgan fingerprint density at radius 1 is 1.12 bits per heavy atom. The molecule has 24 heavy (non-hydrogen) atoms. The first-order valence-corrected chi connectivity index (χ1v) is 8.91. The molecule has 1 saturated heterocycles. The zero-order valence-corrected chi connectivity index (χ0v) is 17.5. The smallest absolute Gasteiger partial charge is 0.243 e. The van der Waals surface area contributed by atoms with Gasteiger partial charge in [-0.15, -0.1) is 24.0 Å². The van der Waals surface area contributed by atoms with Crippen LogP contribution in [0.15, 0.2) is 4.99 Å². The summed E-state index contributed by atoms with van der Waals surface area (Å²) in [6.45, 7) is 4.07. The van der Waals surface area contributed by atoms with Gasteiger partial charge in [0.1, 0.15) is 6.54 Å². The van der Waals surface area contributed by atoms with Crippen LogP contribution in [0.4, 0.5) is 0 Å². The number of amides is 1. The van der Waals surface area contributed by atoms with Crippen molar-refractivity contribution in [2.75, 3.05) is 33.9 Å². The molecule has 0 aromatic heterocycles. The van der Waals surface area contributed by atoms with E-state index in [1.165, 1.54) is 25.7 Å². The predicted molar refractivity (Wildman–Crippen MR) is 108 cm³/mol. The minimum absolute atomic E-state index is 0. The summed E-state index contributed by atoms with van der Waals surface area (Å²) in [5, 5.41) is 7.08. The summed E-state index contributed by atoms with van der Waals surface area (Å²) in [7, 11) is 3.53. The number of nitrogens with one attached hydrogen (secondary N) is 2. The number of nitrogens with zero attached hydrogens (tertiary/aromatic N) is 2. The summed E-state index contributed by atoms with van der Waals surface area (Å²) in [6.07, 6.45) is 7.00. The number of halogens is 1. The Kier molecular flexibility index (Phi) is 9.95. The van der Waals surface area contributed by atoms with Crippen molar-refractivity contribution in [2.24, 2.45) is 10.9 Å². The van der Waals surface area contributed by atoms with E-state index in [1.807, 2.05) is 0 Å². The Morgan fingerprint density at radius 3 is 2.42 bits per heavy atom. The highest BCUT2D eigenvalue weighted by Crippen LogP contribution is 2.23. The van der Waals surface area contributed by atoms with Crippen LogP contribution in [0.3, 0.4) is 0 Å². The van der Waals surface area contributed by atoms with Gasteiger partial charge in [-0.05, 0) is 31.6 Å². The number of aliphatic imine (C=N–C) groups is 1. The van der Waals surface area contributed by atoms with Gasteiger partial charge in [-0.2, -0.15) is 0 Å². The Hall–Kier alpha value is -0.570. The maximum absolute atomic E-state index is 11.8. The minimum Gasteiger partial charge on any atom is -0.381 e. The predicted octanol–water partition coefficient (Wildman–Crippen LogP) is 1.99. The second-order valence-corrected chi connectivity index (χ2v) is 7.00. The van der Waals surface area contributed by atoms with Crippen molar-refractivity contribution in [2.45, 2.75) is 57.5 Å². The average Bonchev–Trinajstić information content (AvgIpc) is 2.55. The van der Waals surface area contributed by atoms with Crippen molar-refractivity contribution in [1.29, 1.82) is 0 Å². The summed E-state index contributed by atoms with van der Waals surface area (Å²) < 4.78 is 5.42. The standard InChI is InChI=1S/C17H32N4O2.HI/c1-13-6-4-5-7-15(13)20-17(18-12-16(22)21(2)3)19-14-8-10-23-11-9-14;/h13-15H,4-12H2,1-3H3,(H2,18,19,20);1H. The molecule has 7 heteroatoms. The molecule has 1 heterocycles. The molecule has 0 radical (unpaired) electrons. The fourth-order valence-corrected chi connectivity index (χ4v) is 3.16. The third-order valence-electron chi connectivity index (χ3n) is 4.87. The Bertz CT molecular complexity index is 411. The van der Waals surface area contributed by atoms with Crippen LogP contribution >= 0.6 is 24.0 Å². The number of hydrogen-bond donors (Lipinski definition) is 2. The molecule has 140 valence electrons. The van der Waals surface area contributed by atoms with Gasteiger partial charge in [0.25, 0.3) is 0 Å². The van der Waals surface area contributed by atoms with Crippen LogP contribution in [0.1, 0.15) is 45.4 Å². The van der Waals surface area contributed by atoms with E-state index in [9.17, 15) is 4.79 Å². The van der Waals surface area contributed by atoms with Crippen molar-refractivity contribution >= 4 is 35.8 Å². The number of carbonyl (C=O) groups excluding carboxylic acids is 1. The zero-order valence-electron chi connectivity index (χ0n) is 15.2. The molecule has 0 aromatic rings. The highest BCUT2D eigenvalue weighted by Gasteiger charge is 2.23. The van der Waals surface area contributed by atoms with Crippen LogP contribution < -0.4 is 10.6 Å². The van der Waals surface area contributed by atoms with Gasteiger partial charge in [0, 0.05) is 39.4 Å². The second kappa shape index (κ2) is 11.1. The molecule has 0 aromatic carbocycles. The Balaban J connectivity index is 0.00000288. The average molecular weight is 452 g/mol. The molecule has 6 nitrogen and oxygen atoms in total. The monoisotopic (exact) mass is 452 g/mol. The SMILES string of the molecule is CC1CCCCC1NC(=NCC(=O)N(C)C)NC1CCOCC1.I. The lowest BCUT2D eigenvalue weighted by atomic mass is 9.86. The van der Waals surface area contributed by atoms with Crippen LogP contribution in [-0.2, 0) is 9.53 Å². The first kappa shape index (κ1) is 21.5. The highest BCUT2D eigenvalue weighted by molar-refractivity contribution is 14.0. The molecule has 2 rings (SSSR count). The quantitative estimate of drug-likeness (QED) is 0.389. The largest absolute Gasteiger partial charge is 0.381 e. The van der Waals surface area contributed by atoms with E-state index in [-0.39, 0.29) is 36.4 Å². The molecule has 0 spiro atoms. The van der Waals surface area contributed by atoms with E-state index in [4.69, 9.17) is 4.74 Å². The van der Waals surface area contributed by atoms with E-state index in [0.29, 0.717) is 18.0 Å². The van der Waals surface area contributed by atoms with Gasteiger partial charge in [-0.3, -0.25) is 4.79 Å². The molecule has 0 bridgehead atoms. The maximum Gasteiger partial charge on any atom is 0.243 e. The lowest BCUT2D eigenvalue weighted by Gasteiger charge is -2.33. The van der Waals surface area contributed by atoms with Gasteiger partial charge in [-0.1, -0.05) is 19.8 Å². The van der Waals surface area contributed by atoms with E-state index >= 15 is 0 Å². The Labute approximate surface area is 163 Å². The number of hydrogen-bond acceptors (Lipinski definition) is 3. The normalized spacial score (nSPS) is 25.5. The second-order valence-electron chi connectivity index (χ2n) is 7.00. The third kappa shape index (κ3) is 7.13. The first-order chi connectivity index (χ1) is 11.1. The first-order valence-electron chi connectivity index (χ1n) is 8.91. The van der Waals surface area contributed by atoms with Crippen molar-refractivity contribution in [3.8, 4) is 0 Å². The van der Waals surface area contributed by atoms with Crippen molar-refractivity contribution in [1.82, 2.24) is 15.5 Å². The van der Waals surface area contributed by atoms with E-state index < -0.39 is 0 Å². The van der Waals surface area contributed by atoms with Crippen LogP contribution in [0, 0.1) is 5.92 Å². The topological polar surface area (TPSA) is 66.0 Å². The van der Waals surface area contributed by atoms with Gasteiger partial charge in [0.05, 0.1) is 0 Å². The van der Waals surface area contributed by atoms with E-state index in [2.05, 4.69) is 22.5 Å². The molecule has 2 N–H and O–H groups in total. The molecule has 2 fully saturated rings. The zero-order chi connectivity index (χ0) is 16.7. The van der Waals surface area contributed by atoms with E-state index in [1.54, 1.807) is 19.0 Å². The van der Waals surface area contributed by atoms with Gasteiger partial charge in [0.15, 0.2) is 5.96 Å². The minimum atomic E-state index is 0. The Morgan fingerprint density at radius 2 is 1.79 bits per heavy atom. The third-order valence-corrected chi connectivity index (χ3v) is 4.87. The van der Waals surface area contributed by atoms with Crippen LogP contribution in [0.5, 0.6) is 0 Å². The number of rotatable bonds is 4. The van der Waals surface area contributed by atoms with Gasteiger partial charge >= 0.3 is 0 Å². The highest BCUT2D eigenvalue weighted by atomic mass is 127. The van der Waals surface area contributed by atoms with Crippen molar-refractivity contribution in [3.63, 3.8) is 0 Å². The van der Waals surface area contributed by atoms with E-state index in [0.717, 1.165) is 32.0 Å². The molecule has 1 saturated carbocycles.